The van der Waals surface area contributed by atoms with Gasteiger partial charge >= 0.3 is 0 Å². The van der Waals surface area contributed by atoms with E-state index < -0.39 is 0 Å². The predicted octanol–water partition coefficient (Wildman–Crippen LogP) is 2.67. The molecule has 0 radical (unpaired) electrons. The summed E-state index contributed by atoms with van der Waals surface area (Å²) in [5, 5.41) is 0. The van der Waals surface area contributed by atoms with Gasteiger partial charge in [0.05, 0.1) is 13.2 Å². The topological polar surface area (TPSA) is 35.2 Å². The summed E-state index contributed by atoms with van der Waals surface area (Å²) in [7, 11) is 0. The number of nitrogens with two attached hydrogens (primary N) is 1. The SMILES string of the molecule is C=C(C)CCOCc1ccccc1CCN. The van der Waals surface area contributed by atoms with Gasteiger partial charge in [-0.3, -0.25) is 0 Å². The van der Waals surface area contributed by atoms with E-state index >= 15 is 0 Å². The second kappa shape index (κ2) is 7.20. The van der Waals surface area contributed by atoms with Gasteiger partial charge in [0.1, 0.15) is 0 Å². The Hall–Kier alpha value is -1.12. The molecule has 2 heteroatoms. The maximum absolute atomic E-state index is 5.62. The lowest BCUT2D eigenvalue weighted by Gasteiger charge is -2.09. The van der Waals surface area contributed by atoms with Crippen molar-refractivity contribution in [3.05, 3.63) is 47.5 Å². The Bertz CT molecular complexity index is 333. The summed E-state index contributed by atoms with van der Waals surface area (Å²) in [6, 6.07) is 8.30. The van der Waals surface area contributed by atoms with Gasteiger partial charge in [0.2, 0.25) is 0 Å². The molecule has 0 aliphatic carbocycles. The van der Waals surface area contributed by atoms with Gasteiger partial charge in [-0.25, -0.2) is 0 Å². The van der Waals surface area contributed by atoms with Crippen molar-refractivity contribution >= 4 is 0 Å². The van der Waals surface area contributed by atoms with Crippen LogP contribution in [0, 0.1) is 0 Å². The Kier molecular flexibility index (Phi) is 5.83. The molecule has 0 aromatic heterocycles. The zero-order valence-electron chi connectivity index (χ0n) is 10.0. The van der Waals surface area contributed by atoms with E-state index in [1.807, 2.05) is 19.1 Å². The molecule has 16 heavy (non-hydrogen) atoms. The van der Waals surface area contributed by atoms with Crippen LogP contribution in [0.1, 0.15) is 24.5 Å². The molecule has 0 aliphatic rings. The van der Waals surface area contributed by atoms with Gasteiger partial charge in [-0.2, -0.15) is 0 Å². The highest BCUT2D eigenvalue weighted by atomic mass is 16.5. The summed E-state index contributed by atoms with van der Waals surface area (Å²) >= 11 is 0. The Labute approximate surface area is 98.1 Å². The predicted molar refractivity (Wildman–Crippen MR) is 68.3 cm³/mol. The lowest BCUT2D eigenvalue weighted by atomic mass is 10.1. The average molecular weight is 219 g/mol. The van der Waals surface area contributed by atoms with Crippen LogP contribution in [0.4, 0.5) is 0 Å². The summed E-state index contributed by atoms with van der Waals surface area (Å²) in [5.74, 6) is 0. The minimum absolute atomic E-state index is 0.670. The number of benzene rings is 1. The lowest BCUT2D eigenvalue weighted by molar-refractivity contribution is 0.123. The molecule has 0 amide bonds. The van der Waals surface area contributed by atoms with Gasteiger partial charge in [-0.1, -0.05) is 29.8 Å². The minimum atomic E-state index is 0.670. The largest absolute Gasteiger partial charge is 0.376 e. The summed E-state index contributed by atoms with van der Waals surface area (Å²) in [5.41, 5.74) is 9.27. The van der Waals surface area contributed by atoms with E-state index in [9.17, 15) is 0 Å². The van der Waals surface area contributed by atoms with Crippen LogP contribution in [0.5, 0.6) is 0 Å². The lowest BCUT2D eigenvalue weighted by Crippen LogP contribution is -2.06. The Balaban J connectivity index is 2.43. The van der Waals surface area contributed by atoms with E-state index in [0.29, 0.717) is 13.2 Å². The van der Waals surface area contributed by atoms with E-state index in [-0.39, 0.29) is 0 Å². The van der Waals surface area contributed by atoms with Gasteiger partial charge in [0.25, 0.3) is 0 Å². The zero-order chi connectivity index (χ0) is 11.8. The van der Waals surface area contributed by atoms with Crippen LogP contribution in [-0.4, -0.2) is 13.2 Å². The van der Waals surface area contributed by atoms with Crippen molar-refractivity contribution in [2.45, 2.75) is 26.4 Å². The number of hydrogen-bond donors (Lipinski definition) is 1. The van der Waals surface area contributed by atoms with E-state index in [2.05, 4.69) is 18.7 Å². The Morgan fingerprint density at radius 3 is 2.62 bits per heavy atom. The fourth-order valence-corrected chi connectivity index (χ4v) is 1.53. The smallest absolute Gasteiger partial charge is 0.0719 e. The quantitative estimate of drug-likeness (QED) is 0.565. The molecule has 0 atom stereocenters. The Morgan fingerprint density at radius 1 is 1.31 bits per heavy atom. The maximum atomic E-state index is 5.62. The third-order valence-corrected chi connectivity index (χ3v) is 2.46. The highest BCUT2D eigenvalue weighted by molar-refractivity contribution is 5.26. The highest BCUT2D eigenvalue weighted by Crippen LogP contribution is 2.11. The molecule has 0 saturated heterocycles. The second-order valence-electron chi connectivity index (χ2n) is 4.07. The summed E-state index contributed by atoms with van der Waals surface area (Å²) < 4.78 is 5.62. The Morgan fingerprint density at radius 2 is 2.00 bits per heavy atom. The van der Waals surface area contributed by atoms with Crippen molar-refractivity contribution in [2.75, 3.05) is 13.2 Å². The maximum Gasteiger partial charge on any atom is 0.0719 e. The summed E-state index contributed by atoms with van der Waals surface area (Å²) in [4.78, 5) is 0. The van der Waals surface area contributed by atoms with Gasteiger partial charge in [0.15, 0.2) is 0 Å². The molecule has 88 valence electrons. The molecule has 0 saturated carbocycles. The van der Waals surface area contributed by atoms with Gasteiger partial charge < -0.3 is 10.5 Å². The molecule has 2 N–H and O–H groups in total. The molecule has 2 nitrogen and oxygen atoms in total. The fourth-order valence-electron chi connectivity index (χ4n) is 1.53. The first-order valence-corrected chi connectivity index (χ1v) is 5.73. The molecular formula is C14H21NO. The van der Waals surface area contributed by atoms with Crippen molar-refractivity contribution in [3.63, 3.8) is 0 Å². The van der Waals surface area contributed by atoms with Crippen LogP contribution in [0.3, 0.4) is 0 Å². The van der Waals surface area contributed by atoms with Gasteiger partial charge in [-0.15, -0.1) is 6.58 Å². The molecule has 1 aromatic carbocycles. The molecule has 1 aromatic rings. The molecule has 1 rings (SSSR count). The van der Waals surface area contributed by atoms with E-state index in [1.165, 1.54) is 11.1 Å². The third kappa shape index (κ3) is 4.60. The van der Waals surface area contributed by atoms with Crippen LogP contribution in [0.2, 0.25) is 0 Å². The van der Waals surface area contributed by atoms with Gasteiger partial charge in [-0.05, 0) is 37.4 Å². The van der Waals surface area contributed by atoms with Crippen LogP contribution in [-0.2, 0) is 17.8 Å². The minimum Gasteiger partial charge on any atom is -0.376 e. The molecule has 0 unspecified atom stereocenters. The van der Waals surface area contributed by atoms with Crippen LogP contribution in [0.15, 0.2) is 36.4 Å². The average Bonchev–Trinajstić information content (AvgIpc) is 2.26. The first-order valence-electron chi connectivity index (χ1n) is 5.73. The third-order valence-electron chi connectivity index (χ3n) is 2.46. The van der Waals surface area contributed by atoms with Crippen molar-refractivity contribution in [1.82, 2.24) is 0 Å². The second-order valence-corrected chi connectivity index (χ2v) is 4.07. The zero-order valence-corrected chi connectivity index (χ0v) is 10.0. The van der Waals surface area contributed by atoms with Crippen molar-refractivity contribution in [3.8, 4) is 0 Å². The van der Waals surface area contributed by atoms with Crippen molar-refractivity contribution in [1.29, 1.82) is 0 Å². The molecule has 0 fully saturated rings. The molecule has 0 bridgehead atoms. The van der Waals surface area contributed by atoms with Crippen LogP contribution < -0.4 is 5.73 Å². The first-order chi connectivity index (χ1) is 7.74. The fraction of sp³-hybridized carbons (Fsp3) is 0.429. The number of ether oxygens (including phenoxy) is 1. The number of rotatable bonds is 7. The summed E-state index contributed by atoms with van der Waals surface area (Å²) in [6.45, 7) is 7.97. The first kappa shape index (κ1) is 12.9. The monoisotopic (exact) mass is 219 g/mol. The van der Waals surface area contributed by atoms with E-state index in [0.717, 1.165) is 25.0 Å². The highest BCUT2D eigenvalue weighted by Gasteiger charge is 2.00. The van der Waals surface area contributed by atoms with E-state index in [4.69, 9.17) is 10.5 Å². The molecular weight excluding hydrogens is 198 g/mol. The molecule has 0 aliphatic heterocycles. The van der Waals surface area contributed by atoms with Crippen molar-refractivity contribution < 1.29 is 4.74 Å². The van der Waals surface area contributed by atoms with Crippen LogP contribution in [0.25, 0.3) is 0 Å². The van der Waals surface area contributed by atoms with Gasteiger partial charge in [0, 0.05) is 0 Å². The van der Waals surface area contributed by atoms with Crippen molar-refractivity contribution in [2.24, 2.45) is 5.73 Å². The number of hydrogen-bond acceptors (Lipinski definition) is 2. The van der Waals surface area contributed by atoms with Crippen LogP contribution >= 0.6 is 0 Å². The molecule has 0 heterocycles. The summed E-state index contributed by atoms with van der Waals surface area (Å²) in [6.07, 6.45) is 1.85. The standard InChI is InChI=1S/C14H21NO/c1-12(2)8-10-16-11-14-6-4-3-5-13(14)7-9-15/h3-6H,1,7-11,15H2,2H3. The van der Waals surface area contributed by atoms with E-state index in [1.54, 1.807) is 0 Å². The molecule has 0 spiro atoms. The normalized spacial score (nSPS) is 10.4.